The molecule has 1 aliphatic rings. The van der Waals surface area contributed by atoms with E-state index in [1.807, 2.05) is 0 Å². The van der Waals surface area contributed by atoms with Crippen molar-refractivity contribution >= 4 is 46.3 Å². The Bertz CT molecular complexity index is 925. The molecule has 4 unspecified atom stereocenters. The second-order valence-corrected chi connectivity index (χ2v) is 6.07. The lowest BCUT2D eigenvalue weighted by Crippen LogP contribution is -2.38. The molecule has 136 valence electrons. The summed E-state index contributed by atoms with van der Waals surface area (Å²) in [6.45, 7) is 2.43. The van der Waals surface area contributed by atoms with Crippen LogP contribution in [-0.4, -0.2) is 49.8 Å². The number of terminal acetylenes is 1. The van der Waals surface area contributed by atoms with E-state index < -0.39 is 36.5 Å². The van der Waals surface area contributed by atoms with Crippen molar-refractivity contribution in [3.8, 4) is 12.3 Å². The third-order valence-electron chi connectivity index (χ3n) is 3.58. The van der Waals surface area contributed by atoms with Crippen LogP contribution in [0.15, 0.2) is 6.33 Å². The second-order valence-electron chi connectivity index (χ2n) is 5.37. The molecule has 0 radical (unpaired) electrons. The first-order valence-corrected chi connectivity index (χ1v) is 8.09. The van der Waals surface area contributed by atoms with Crippen molar-refractivity contribution in [2.24, 2.45) is 0 Å². The number of ether oxygens (including phenoxy) is 3. The van der Waals surface area contributed by atoms with Crippen molar-refractivity contribution in [3.63, 3.8) is 0 Å². The lowest BCUT2D eigenvalue weighted by Gasteiger charge is -2.23. The van der Waals surface area contributed by atoms with Crippen LogP contribution >= 0.6 is 23.2 Å². The van der Waals surface area contributed by atoms with Gasteiger partial charge in [0.1, 0.15) is 5.52 Å². The second kappa shape index (κ2) is 7.07. The minimum atomic E-state index is -1.03. The third-order valence-corrected chi connectivity index (χ3v) is 4.02. The van der Waals surface area contributed by atoms with Gasteiger partial charge in [0.25, 0.3) is 0 Å². The summed E-state index contributed by atoms with van der Waals surface area (Å²) >= 11 is 11.9. The number of hydrogen-bond acceptors (Lipinski definition) is 8. The SMILES string of the molecule is C#CC1OC(n2cnc3c(Cl)nc(Cl)nc32)C(OC(C)=O)C1OC(C)=O. The fourth-order valence-corrected chi connectivity index (χ4v) is 3.10. The van der Waals surface area contributed by atoms with Crippen LogP contribution in [0.1, 0.15) is 20.1 Å². The van der Waals surface area contributed by atoms with E-state index in [9.17, 15) is 9.59 Å². The number of carbonyl (C=O) groups excluding carboxylic acids is 2. The van der Waals surface area contributed by atoms with Crippen LogP contribution in [0.5, 0.6) is 0 Å². The van der Waals surface area contributed by atoms with Crippen LogP contribution in [0, 0.1) is 12.3 Å². The topological polar surface area (TPSA) is 105 Å². The molecule has 11 heteroatoms. The summed E-state index contributed by atoms with van der Waals surface area (Å²) in [5, 5.41) is -0.0536. The van der Waals surface area contributed by atoms with Crippen molar-refractivity contribution in [1.29, 1.82) is 0 Å². The maximum Gasteiger partial charge on any atom is 0.303 e. The Kier molecular flexibility index (Phi) is 5.00. The number of nitrogens with zero attached hydrogens (tertiary/aromatic N) is 4. The molecule has 0 spiro atoms. The smallest absolute Gasteiger partial charge is 0.303 e. The Balaban J connectivity index is 2.09. The Morgan fingerprint density at radius 2 is 1.88 bits per heavy atom. The number of hydrogen-bond donors (Lipinski definition) is 0. The molecule has 9 nitrogen and oxygen atoms in total. The van der Waals surface area contributed by atoms with Gasteiger partial charge in [-0.25, -0.2) is 9.97 Å². The first kappa shape index (κ1) is 18.4. The van der Waals surface area contributed by atoms with Gasteiger partial charge in [0.15, 0.2) is 35.3 Å². The maximum atomic E-state index is 11.6. The summed E-state index contributed by atoms with van der Waals surface area (Å²) in [6, 6.07) is 0. The van der Waals surface area contributed by atoms with Crippen LogP contribution in [-0.2, 0) is 23.8 Å². The van der Waals surface area contributed by atoms with Crippen LogP contribution in [0.3, 0.4) is 0 Å². The van der Waals surface area contributed by atoms with Crippen LogP contribution < -0.4 is 0 Å². The Morgan fingerprint density at radius 3 is 2.50 bits per heavy atom. The van der Waals surface area contributed by atoms with Gasteiger partial charge >= 0.3 is 11.9 Å². The zero-order valence-corrected chi connectivity index (χ0v) is 15.1. The summed E-state index contributed by atoms with van der Waals surface area (Å²) in [4.78, 5) is 35.0. The number of halogens is 2. The monoisotopic (exact) mass is 398 g/mol. The summed E-state index contributed by atoms with van der Waals surface area (Å²) in [5.41, 5.74) is 0.519. The molecule has 1 aliphatic heterocycles. The Morgan fingerprint density at radius 1 is 1.23 bits per heavy atom. The highest BCUT2D eigenvalue weighted by molar-refractivity contribution is 6.35. The van der Waals surface area contributed by atoms with E-state index in [1.54, 1.807) is 0 Å². The molecule has 0 saturated carbocycles. The predicted molar refractivity (Wildman–Crippen MR) is 89.2 cm³/mol. The van der Waals surface area contributed by atoms with E-state index in [0.717, 1.165) is 0 Å². The highest BCUT2D eigenvalue weighted by Crippen LogP contribution is 2.36. The summed E-state index contributed by atoms with van der Waals surface area (Å²) in [7, 11) is 0. The number of aromatic nitrogens is 4. The molecule has 1 saturated heterocycles. The molecule has 3 heterocycles. The van der Waals surface area contributed by atoms with Crippen LogP contribution in [0.4, 0.5) is 0 Å². The molecule has 26 heavy (non-hydrogen) atoms. The van der Waals surface area contributed by atoms with Gasteiger partial charge in [-0.1, -0.05) is 17.5 Å². The van der Waals surface area contributed by atoms with Gasteiger partial charge in [-0.05, 0) is 11.6 Å². The molecular weight excluding hydrogens is 387 g/mol. The standard InChI is InChI=1S/C15H12Cl2N4O5/c1-4-8-10(24-6(2)22)11(25-7(3)23)14(26-8)21-5-18-9-12(16)19-15(17)20-13(9)21/h1,5,8,10-11,14H,2-3H3. The molecule has 0 aliphatic carbocycles. The Hall–Kier alpha value is -2.41. The normalized spacial score (nSPS) is 25.0. The first-order chi connectivity index (χ1) is 12.3. The number of esters is 2. The third kappa shape index (κ3) is 3.31. The van der Waals surface area contributed by atoms with Gasteiger partial charge in [-0.15, -0.1) is 6.42 Å². The largest absolute Gasteiger partial charge is 0.455 e. The van der Waals surface area contributed by atoms with Crippen molar-refractivity contribution in [2.75, 3.05) is 0 Å². The number of fused-ring (bicyclic) bond motifs is 1. The van der Waals surface area contributed by atoms with E-state index in [0.29, 0.717) is 0 Å². The van der Waals surface area contributed by atoms with E-state index in [1.165, 1.54) is 24.7 Å². The molecule has 2 aromatic rings. The molecule has 0 bridgehead atoms. The van der Waals surface area contributed by atoms with Gasteiger partial charge in [0.2, 0.25) is 5.28 Å². The Labute approximate surface area is 157 Å². The number of carbonyl (C=O) groups is 2. The van der Waals surface area contributed by atoms with Gasteiger partial charge in [0, 0.05) is 13.8 Å². The van der Waals surface area contributed by atoms with Gasteiger partial charge in [0.05, 0.1) is 6.33 Å². The average molecular weight is 399 g/mol. The molecule has 0 aromatic carbocycles. The zero-order valence-electron chi connectivity index (χ0n) is 13.6. The molecule has 0 amide bonds. The van der Waals surface area contributed by atoms with Crippen molar-refractivity contribution in [1.82, 2.24) is 19.5 Å². The fourth-order valence-electron chi connectivity index (χ4n) is 2.68. The molecule has 1 fully saturated rings. The zero-order chi connectivity index (χ0) is 19.0. The predicted octanol–water partition coefficient (Wildman–Crippen LogP) is 1.53. The van der Waals surface area contributed by atoms with Crippen LogP contribution in [0.2, 0.25) is 10.4 Å². The average Bonchev–Trinajstić information content (AvgIpc) is 3.09. The van der Waals surface area contributed by atoms with Gasteiger partial charge in [-0.2, -0.15) is 4.98 Å². The van der Waals surface area contributed by atoms with E-state index in [2.05, 4.69) is 20.9 Å². The van der Waals surface area contributed by atoms with Gasteiger partial charge < -0.3 is 14.2 Å². The summed E-state index contributed by atoms with van der Waals surface area (Å²) in [5.74, 6) is 1.18. The van der Waals surface area contributed by atoms with E-state index in [-0.39, 0.29) is 21.6 Å². The van der Waals surface area contributed by atoms with E-state index >= 15 is 0 Å². The molecule has 3 rings (SSSR count). The number of imidazole rings is 1. The number of rotatable bonds is 3. The van der Waals surface area contributed by atoms with Crippen LogP contribution in [0.25, 0.3) is 11.2 Å². The summed E-state index contributed by atoms with van der Waals surface area (Å²) < 4.78 is 17.7. The summed E-state index contributed by atoms with van der Waals surface area (Å²) in [6.07, 6.45) is 2.90. The minimum absolute atomic E-state index is 0.0471. The highest BCUT2D eigenvalue weighted by Gasteiger charge is 2.50. The molecular formula is C15H12Cl2N4O5. The van der Waals surface area contributed by atoms with Gasteiger partial charge in [-0.3, -0.25) is 14.2 Å². The van der Waals surface area contributed by atoms with E-state index in [4.69, 9.17) is 43.8 Å². The lowest BCUT2D eigenvalue weighted by molar-refractivity contribution is -0.165. The fraction of sp³-hybridized carbons (Fsp3) is 0.400. The quantitative estimate of drug-likeness (QED) is 0.331. The lowest BCUT2D eigenvalue weighted by atomic mass is 10.1. The highest BCUT2D eigenvalue weighted by atomic mass is 35.5. The van der Waals surface area contributed by atoms with Crippen molar-refractivity contribution in [3.05, 3.63) is 16.8 Å². The van der Waals surface area contributed by atoms with Crippen molar-refractivity contribution in [2.45, 2.75) is 38.4 Å². The molecule has 0 N–H and O–H groups in total. The van der Waals surface area contributed by atoms with Crippen molar-refractivity contribution < 1.29 is 23.8 Å². The molecule has 4 atom stereocenters. The maximum absolute atomic E-state index is 11.6. The minimum Gasteiger partial charge on any atom is -0.455 e. The first-order valence-electron chi connectivity index (χ1n) is 7.33. The molecule has 2 aromatic heterocycles.